The first kappa shape index (κ1) is 12.1. The number of hydrogen-bond donors (Lipinski definition) is 0. The van der Waals surface area contributed by atoms with E-state index in [1.54, 1.807) is 0 Å². The van der Waals surface area contributed by atoms with Gasteiger partial charge in [0.15, 0.2) is 5.69 Å². The zero-order valence-electron chi connectivity index (χ0n) is 10.7. The molecule has 1 aliphatic heterocycles. The van der Waals surface area contributed by atoms with Crippen LogP contribution < -0.4 is 0 Å². The molecule has 0 aromatic heterocycles. The minimum absolute atomic E-state index is 0.463. The van der Waals surface area contributed by atoms with E-state index in [-0.39, 0.29) is 0 Å². The molecule has 1 aromatic rings. The van der Waals surface area contributed by atoms with Crippen LogP contribution in [0.15, 0.2) is 24.3 Å². The lowest BCUT2D eigenvalue weighted by molar-refractivity contribution is 0.114. The zero-order chi connectivity index (χ0) is 12.3. The third-order valence-corrected chi connectivity index (χ3v) is 3.86. The fourth-order valence-electron chi connectivity index (χ4n) is 2.71. The number of likely N-dealkylation sites (tertiary alicyclic amines) is 1. The van der Waals surface area contributed by atoms with Crippen LogP contribution >= 0.6 is 0 Å². The van der Waals surface area contributed by atoms with E-state index < -0.39 is 0 Å². The summed E-state index contributed by atoms with van der Waals surface area (Å²) in [5, 5.41) is 0. The molecular formula is C15H20N2. The third-order valence-electron chi connectivity index (χ3n) is 3.86. The highest BCUT2D eigenvalue weighted by molar-refractivity contribution is 5.45. The zero-order valence-corrected chi connectivity index (χ0v) is 10.7. The predicted molar refractivity (Wildman–Crippen MR) is 71.1 cm³/mol. The van der Waals surface area contributed by atoms with Crippen LogP contribution in [-0.2, 0) is 0 Å². The Morgan fingerprint density at radius 3 is 2.59 bits per heavy atom. The van der Waals surface area contributed by atoms with Gasteiger partial charge in [0.25, 0.3) is 0 Å². The number of benzene rings is 1. The lowest BCUT2D eigenvalue weighted by Gasteiger charge is -2.38. The lowest BCUT2D eigenvalue weighted by Crippen LogP contribution is -2.39. The van der Waals surface area contributed by atoms with E-state index in [4.69, 9.17) is 6.57 Å². The van der Waals surface area contributed by atoms with Gasteiger partial charge in [-0.3, -0.25) is 4.90 Å². The Morgan fingerprint density at radius 2 is 2.00 bits per heavy atom. The first-order valence-electron chi connectivity index (χ1n) is 6.45. The highest BCUT2D eigenvalue weighted by Gasteiger charge is 2.23. The van der Waals surface area contributed by atoms with Crippen molar-refractivity contribution in [2.75, 3.05) is 6.54 Å². The summed E-state index contributed by atoms with van der Waals surface area (Å²) < 4.78 is 0. The maximum absolute atomic E-state index is 6.96. The topological polar surface area (TPSA) is 7.60 Å². The monoisotopic (exact) mass is 228 g/mol. The normalized spacial score (nSPS) is 23.0. The molecule has 17 heavy (non-hydrogen) atoms. The minimum atomic E-state index is 0.463. The minimum Gasteiger partial charge on any atom is -0.294 e. The summed E-state index contributed by atoms with van der Waals surface area (Å²) >= 11 is 0. The van der Waals surface area contributed by atoms with Crippen molar-refractivity contribution < 1.29 is 0 Å². The van der Waals surface area contributed by atoms with Crippen molar-refractivity contribution in [3.63, 3.8) is 0 Å². The molecule has 0 bridgehead atoms. The summed E-state index contributed by atoms with van der Waals surface area (Å²) in [6, 6.07) is 9.18. The molecule has 1 aliphatic rings. The Bertz CT molecular complexity index is 402. The predicted octanol–water partition coefficient (Wildman–Crippen LogP) is 4.17. The first-order chi connectivity index (χ1) is 8.22. The van der Waals surface area contributed by atoms with Gasteiger partial charge in [0.1, 0.15) is 0 Å². The van der Waals surface area contributed by atoms with Gasteiger partial charge in [-0.05, 0) is 38.8 Å². The van der Waals surface area contributed by atoms with E-state index in [1.165, 1.54) is 31.4 Å². The van der Waals surface area contributed by atoms with Crippen molar-refractivity contribution in [1.82, 2.24) is 4.90 Å². The molecule has 0 amide bonds. The Hall–Kier alpha value is -1.33. The van der Waals surface area contributed by atoms with Gasteiger partial charge < -0.3 is 0 Å². The molecule has 2 atom stereocenters. The molecule has 0 aliphatic carbocycles. The highest BCUT2D eigenvalue weighted by atomic mass is 15.2. The molecular weight excluding hydrogens is 208 g/mol. The van der Waals surface area contributed by atoms with E-state index in [0.29, 0.717) is 12.1 Å². The smallest absolute Gasteiger partial charge is 0.187 e. The largest absolute Gasteiger partial charge is 0.294 e. The molecule has 0 spiro atoms. The van der Waals surface area contributed by atoms with Gasteiger partial charge in [0.05, 0.1) is 6.57 Å². The van der Waals surface area contributed by atoms with Gasteiger partial charge in [0, 0.05) is 12.1 Å². The SMILES string of the molecule is [C-]#[N+]c1ccc(C(C)N2CCCCC2C)cc1. The summed E-state index contributed by atoms with van der Waals surface area (Å²) in [6.07, 6.45) is 3.99. The second kappa shape index (κ2) is 5.33. The van der Waals surface area contributed by atoms with E-state index in [2.05, 4.69) is 35.7 Å². The standard InChI is InChI=1S/C15H20N2/c1-12-6-4-5-11-17(12)13(2)14-7-9-15(16-3)10-8-14/h7-10,12-13H,4-6,11H2,1-2H3. The van der Waals surface area contributed by atoms with Gasteiger partial charge in [-0.25, -0.2) is 4.85 Å². The van der Waals surface area contributed by atoms with Crippen molar-refractivity contribution in [3.8, 4) is 0 Å². The molecule has 1 heterocycles. The molecule has 2 nitrogen and oxygen atoms in total. The molecule has 0 N–H and O–H groups in total. The van der Waals surface area contributed by atoms with E-state index >= 15 is 0 Å². The summed E-state index contributed by atoms with van der Waals surface area (Å²) in [4.78, 5) is 6.01. The second-order valence-corrected chi connectivity index (χ2v) is 4.96. The molecule has 0 saturated carbocycles. The molecule has 0 radical (unpaired) electrons. The average Bonchev–Trinajstić information content (AvgIpc) is 2.39. The van der Waals surface area contributed by atoms with Crippen LogP contribution in [-0.4, -0.2) is 17.5 Å². The van der Waals surface area contributed by atoms with Crippen molar-refractivity contribution in [3.05, 3.63) is 41.2 Å². The Morgan fingerprint density at radius 1 is 1.29 bits per heavy atom. The maximum atomic E-state index is 6.96. The van der Waals surface area contributed by atoms with Crippen LogP contribution in [0.3, 0.4) is 0 Å². The van der Waals surface area contributed by atoms with Crippen LogP contribution in [0, 0.1) is 6.57 Å². The van der Waals surface area contributed by atoms with Gasteiger partial charge >= 0.3 is 0 Å². The molecule has 2 rings (SSSR count). The summed E-state index contributed by atoms with van der Waals surface area (Å²) in [5.41, 5.74) is 2.05. The van der Waals surface area contributed by atoms with Crippen molar-refractivity contribution in [2.45, 2.75) is 45.2 Å². The van der Waals surface area contributed by atoms with E-state index in [0.717, 1.165) is 5.69 Å². The summed E-state index contributed by atoms with van der Waals surface area (Å²) in [7, 11) is 0. The molecule has 2 unspecified atom stereocenters. The fraction of sp³-hybridized carbons (Fsp3) is 0.533. The van der Waals surface area contributed by atoms with Crippen LogP contribution in [0.25, 0.3) is 4.85 Å². The van der Waals surface area contributed by atoms with Crippen molar-refractivity contribution in [1.29, 1.82) is 0 Å². The van der Waals surface area contributed by atoms with Crippen LogP contribution in [0.4, 0.5) is 5.69 Å². The maximum Gasteiger partial charge on any atom is 0.187 e. The summed E-state index contributed by atoms with van der Waals surface area (Å²) in [5.74, 6) is 0. The molecule has 90 valence electrons. The van der Waals surface area contributed by atoms with Gasteiger partial charge in [0.2, 0.25) is 0 Å². The summed E-state index contributed by atoms with van der Waals surface area (Å²) in [6.45, 7) is 12.8. The lowest BCUT2D eigenvalue weighted by atomic mass is 9.98. The van der Waals surface area contributed by atoms with Crippen molar-refractivity contribution >= 4 is 5.69 Å². The second-order valence-electron chi connectivity index (χ2n) is 4.96. The van der Waals surface area contributed by atoms with Crippen LogP contribution in [0.5, 0.6) is 0 Å². The molecule has 1 fully saturated rings. The molecule has 1 saturated heterocycles. The third kappa shape index (κ3) is 2.68. The van der Waals surface area contributed by atoms with Gasteiger partial charge in [-0.15, -0.1) is 0 Å². The van der Waals surface area contributed by atoms with Gasteiger partial charge in [-0.1, -0.05) is 30.7 Å². The first-order valence-corrected chi connectivity index (χ1v) is 6.45. The Labute approximate surface area is 104 Å². The number of nitrogens with zero attached hydrogens (tertiary/aromatic N) is 2. The molecule has 1 aromatic carbocycles. The molecule has 2 heteroatoms. The van der Waals surface area contributed by atoms with Gasteiger partial charge in [-0.2, -0.15) is 0 Å². The number of hydrogen-bond acceptors (Lipinski definition) is 1. The van der Waals surface area contributed by atoms with Crippen LogP contribution in [0.1, 0.15) is 44.7 Å². The van der Waals surface area contributed by atoms with Crippen LogP contribution in [0.2, 0.25) is 0 Å². The van der Waals surface area contributed by atoms with E-state index in [1.807, 2.05) is 12.1 Å². The highest BCUT2D eigenvalue weighted by Crippen LogP contribution is 2.28. The van der Waals surface area contributed by atoms with Crippen molar-refractivity contribution in [2.24, 2.45) is 0 Å². The average molecular weight is 228 g/mol. The Balaban J connectivity index is 2.12. The van der Waals surface area contributed by atoms with E-state index in [9.17, 15) is 0 Å². The number of rotatable bonds is 2. The quantitative estimate of drug-likeness (QED) is 0.689. The fourth-order valence-corrected chi connectivity index (χ4v) is 2.71. The number of piperidine rings is 1. The Kier molecular flexibility index (Phi) is 3.81.